The molecule has 9 nitrogen and oxygen atoms in total. The van der Waals surface area contributed by atoms with Crippen molar-refractivity contribution in [1.29, 1.82) is 0 Å². The number of hydrogen-bond acceptors (Lipinski definition) is 7. The van der Waals surface area contributed by atoms with E-state index >= 15 is 0 Å². The molecule has 1 heterocycles. The first-order chi connectivity index (χ1) is 16.2. The molecule has 1 atom stereocenters. The molecule has 2 N–H and O–H groups in total. The summed E-state index contributed by atoms with van der Waals surface area (Å²) in [6.07, 6.45) is -3.52. The molecular weight excluding hydrogens is 511 g/mol. The van der Waals surface area contributed by atoms with Crippen LogP contribution in [-0.2, 0) is 30.8 Å². The molecule has 1 fully saturated rings. The number of carbonyl (C=O) groups excluding carboxylic acids is 1. The summed E-state index contributed by atoms with van der Waals surface area (Å²) in [7, 11) is -7.08. The second-order valence-corrected chi connectivity index (χ2v) is 12.2. The number of hydrogen-bond donors (Lipinski definition) is 1. The van der Waals surface area contributed by atoms with Crippen LogP contribution in [0.3, 0.4) is 0 Å². The number of ether oxygens (including phenoxy) is 1. The molecule has 192 valence electrons. The maximum absolute atomic E-state index is 12.7. The zero-order valence-electron chi connectivity index (χ0n) is 18.6. The number of anilines is 1. The number of halogens is 3. The Balaban J connectivity index is 1.77. The molecule has 3 rings (SSSR count). The number of carbonyl (C=O) groups is 1. The SMILES string of the molecule is CS(=O)(=O)N(C[C@@H](C(N)=O)N1CCS(=O)(=O)CC1)c1ccc(Oc2ccc(C(F)(F)F)cc2)cc1. The maximum atomic E-state index is 12.7. The summed E-state index contributed by atoms with van der Waals surface area (Å²) in [5, 5.41) is 0. The topological polar surface area (TPSA) is 127 Å². The van der Waals surface area contributed by atoms with E-state index in [9.17, 15) is 34.8 Å². The van der Waals surface area contributed by atoms with Crippen LogP contribution >= 0.6 is 0 Å². The summed E-state index contributed by atoms with van der Waals surface area (Å²) in [5.74, 6) is -0.716. The van der Waals surface area contributed by atoms with Crippen molar-refractivity contribution in [3.05, 3.63) is 54.1 Å². The first-order valence-corrected chi connectivity index (χ1v) is 14.0. The van der Waals surface area contributed by atoms with Gasteiger partial charge in [0.2, 0.25) is 15.9 Å². The summed E-state index contributed by atoms with van der Waals surface area (Å²) in [4.78, 5) is 13.7. The summed E-state index contributed by atoms with van der Waals surface area (Å²) < 4.78 is 93.0. The van der Waals surface area contributed by atoms with E-state index in [4.69, 9.17) is 10.5 Å². The standard InChI is InChI=1S/C21H24F3N3O6S2/c1-34(29,30)27(14-19(20(25)28)26-10-12-35(31,32)13-11-26)16-4-8-18(9-5-16)33-17-6-2-15(3-7-17)21(22,23)24/h2-9,19H,10-14H2,1H3,(H2,25,28)/t19-/m0/s1. The van der Waals surface area contributed by atoms with Gasteiger partial charge < -0.3 is 10.5 Å². The van der Waals surface area contributed by atoms with E-state index in [1.54, 1.807) is 4.90 Å². The molecule has 1 aliphatic heterocycles. The van der Waals surface area contributed by atoms with Crippen molar-refractivity contribution < 1.29 is 39.5 Å². The van der Waals surface area contributed by atoms with Crippen molar-refractivity contribution in [3.8, 4) is 11.5 Å². The Morgan fingerprint density at radius 2 is 1.54 bits per heavy atom. The van der Waals surface area contributed by atoms with Gasteiger partial charge in [-0.3, -0.25) is 14.0 Å². The molecule has 0 unspecified atom stereocenters. The molecule has 2 aromatic rings. The molecule has 1 saturated heterocycles. The van der Waals surface area contributed by atoms with E-state index < -0.39 is 43.5 Å². The minimum atomic E-state index is -4.47. The zero-order valence-corrected chi connectivity index (χ0v) is 20.2. The Morgan fingerprint density at radius 1 is 1.06 bits per heavy atom. The lowest BCUT2D eigenvalue weighted by Crippen LogP contribution is -2.56. The lowest BCUT2D eigenvalue weighted by molar-refractivity contribution is -0.137. The van der Waals surface area contributed by atoms with Gasteiger partial charge in [0.15, 0.2) is 9.84 Å². The number of benzene rings is 2. The van der Waals surface area contributed by atoms with Gasteiger partial charge in [-0.2, -0.15) is 13.2 Å². The number of rotatable bonds is 8. The fourth-order valence-corrected chi connectivity index (χ4v) is 5.69. The van der Waals surface area contributed by atoms with Crippen molar-refractivity contribution in [3.63, 3.8) is 0 Å². The minimum absolute atomic E-state index is 0.0491. The third kappa shape index (κ3) is 7.08. The minimum Gasteiger partial charge on any atom is -0.457 e. The van der Waals surface area contributed by atoms with Crippen LogP contribution in [0.5, 0.6) is 11.5 Å². The summed E-state index contributed by atoms with van der Waals surface area (Å²) in [6.45, 7) is -0.228. The van der Waals surface area contributed by atoms with Gasteiger partial charge in [-0.1, -0.05) is 0 Å². The number of nitrogens with two attached hydrogens (primary N) is 1. The van der Waals surface area contributed by atoms with Crippen LogP contribution in [-0.4, -0.2) is 71.1 Å². The van der Waals surface area contributed by atoms with Crippen LogP contribution in [0.4, 0.5) is 18.9 Å². The Bertz CT molecular complexity index is 1250. The first kappa shape index (κ1) is 26.8. The van der Waals surface area contributed by atoms with E-state index in [1.807, 2.05) is 0 Å². The van der Waals surface area contributed by atoms with Gasteiger partial charge in [0.05, 0.1) is 35.6 Å². The average Bonchev–Trinajstić information content (AvgIpc) is 2.74. The molecule has 0 aliphatic carbocycles. The van der Waals surface area contributed by atoms with E-state index in [2.05, 4.69) is 0 Å². The Labute approximate surface area is 201 Å². The van der Waals surface area contributed by atoms with Crippen LogP contribution in [0.15, 0.2) is 48.5 Å². The van der Waals surface area contributed by atoms with Gasteiger partial charge in [-0.25, -0.2) is 16.8 Å². The maximum Gasteiger partial charge on any atom is 0.416 e. The molecular formula is C21H24F3N3O6S2. The number of sulfonamides is 1. The molecule has 0 bridgehead atoms. The predicted octanol–water partition coefficient (Wildman–Crippen LogP) is 1.85. The van der Waals surface area contributed by atoms with Gasteiger partial charge in [0, 0.05) is 13.1 Å². The second-order valence-electron chi connectivity index (χ2n) is 8.02. The van der Waals surface area contributed by atoms with Crippen molar-refractivity contribution in [1.82, 2.24) is 4.90 Å². The number of sulfone groups is 1. The molecule has 2 aromatic carbocycles. The fourth-order valence-electron chi connectivity index (χ4n) is 3.54. The van der Waals surface area contributed by atoms with E-state index in [0.29, 0.717) is 0 Å². The average molecular weight is 536 g/mol. The lowest BCUT2D eigenvalue weighted by atomic mass is 10.2. The molecule has 0 saturated carbocycles. The highest BCUT2D eigenvalue weighted by molar-refractivity contribution is 7.92. The van der Waals surface area contributed by atoms with Gasteiger partial charge in [0.25, 0.3) is 0 Å². The number of nitrogens with zero attached hydrogens (tertiary/aromatic N) is 2. The highest BCUT2D eigenvalue weighted by Crippen LogP contribution is 2.32. The van der Waals surface area contributed by atoms with Crippen molar-refractivity contribution >= 4 is 31.5 Å². The van der Waals surface area contributed by atoms with Crippen LogP contribution in [0.1, 0.15) is 5.56 Å². The summed E-state index contributed by atoms with van der Waals surface area (Å²) in [5.41, 5.74) is 4.89. The Kier molecular flexibility index (Phi) is 7.67. The number of amides is 1. The van der Waals surface area contributed by atoms with E-state index in [0.717, 1.165) is 34.8 Å². The van der Waals surface area contributed by atoms with Gasteiger partial charge in [-0.05, 0) is 48.5 Å². The quantitative estimate of drug-likeness (QED) is 0.547. The van der Waals surface area contributed by atoms with Crippen LogP contribution in [0.2, 0.25) is 0 Å². The van der Waals surface area contributed by atoms with Gasteiger partial charge >= 0.3 is 6.18 Å². The van der Waals surface area contributed by atoms with Gasteiger partial charge in [0.1, 0.15) is 17.5 Å². The van der Waals surface area contributed by atoms with Crippen LogP contribution in [0.25, 0.3) is 0 Å². The van der Waals surface area contributed by atoms with Gasteiger partial charge in [-0.15, -0.1) is 0 Å². The van der Waals surface area contributed by atoms with E-state index in [-0.39, 0.29) is 48.3 Å². The van der Waals surface area contributed by atoms with Crippen LogP contribution < -0.4 is 14.8 Å². The lowest BCUT2D eigenvalue weighted by Gasteiger charge is -2.35. The molecule has 35 heavy (non-hydrogen) atoms. The highest BCUT2D eigenvalue weighted by Gasteiger charge is 2.34. The third-order valence-electron chi connectivity index (χ3n) is 5.43. The summed E-state index contributed by atoms with van der Waals surface area (Å²) >= 11 is 0. The number of primary amides is 1. The molecule has 1 aliphatic rings. The molecule has 0 aromatic heterocycles. The third-order valence-corrected chi connectivity index (χ3v) is 8.20. The largest absolute Gasteiger partial charge is 0.457 e. The van der Waals surface area contributed by atoms with Crippen LogP contribution in [0, 0.1) is 0 Å². The predicted molar refractivity (Wildman–Crippen MR) is 123 cm³/mol. The van der Waals surface area contributed by atoms with Crippen molar-refractivity contribution in [2.45, 2.75) is 12.2 Å². The van der Waals surface area contributed by atoms with Crippen molar-refractivity contribution in [2.24, 2.45) is 5.73 Å². The molecule has 0 radical (unpaired) electrons. The summed E-state index contributed by atoms with van der Waals surface area (Å²) in [6, 6.07) is 8.72. The number of alkyl halides is 3. The molecule has 14 heteroatoms. The normalized spacial score (nSPS) is 17.5. The first-order valence-electron chi connectivity index (χ1n) is 10.3. The second kappa shape index (κ2) is 10.0. The highest BCUT2D eigenvalue weighted by atomic mass is 32.2. The fraction of sp³-hybridized carbons (Fsp3) is 0.381. The Hall–Kier alpha value is -2.84. The zero-order chi connectivity index (χ0) is 26.0. The molecule has 0 spiro atoms. The smallest absolute Gasteiger partial charge is 0.416 e. The van der Waals surface area contributed by atoms with E-state index in [1.165, 1.54) is 24.3 Å². The molecule has 1 amide bonds. The van der Waals surface area contributed by atoms with Crippen molar-refractivity contribution in [2.75, 3.05) is 41.7 Å². The monoisotopic (exact) mass is 535 g/mol. The Morgan fingerprint density at radius 3 is 1.97 bits per heavy atom.